The number of hydrogen-bond acceptors (Lipinski definition) is 4. The summed E-state index contributed by atoms with van der Waals surface area (Å²) in [6, 6.07) is 0.339. The molecule has 0 bridgehead atoms. The normalized spacial score (nSPS) is 22.5. The summed E-state index contributed by atoms with van der Waals surface area (Å²) in [4.78, 5) is 12.1. The van der Waals surface area contributed by atoms with Crippen LogP contribution in [-0.2, 0) is 6.54 Å². The highest BCUT2D eigenvalue weighted by molar-refractivity contribution is 6.32. The largest absolute Gasteiger partial charge is 0.394 e. The van der Waals surface area contributed by atoms with Crippen molar-refractivity contribution in [2.45, 2.75) is 52.1 Å². The zero-order chi connectivity index (χ0) is 15.4. The van der Waals surface area contributed by atoms with Gasteiger partial charge >= 0.3 is 0 Å². The molecule has 0 saturated heterocycles. The number of rotatable bonds is 5. The van der Waals surface area contributed by atoms with Gasteiger partial charge in [0.25, 0.3) is 5.56 Å². The third-order valence-corrected chi connectivity index (χ3v) is 4.68. The lowest BCUT2D eigenvalue weighted by Crippen LogP contribution is -2.36. The van der Waals surface area contributed by atoms with Crippen LogP contribution in [0.3, 0.4) is 0 Å². The molecule has 1 fully saturated rings. The molecule has 21 heavy (non-hydrogen) atoms. The van der Waals surface area contributed by atoms with Crippen LogP contribution in [0.25, 0.3) is 0 Å². The molecule has 2 unspecified atom stereocenters. The highest BCUT2D eigenvalue weighted by atomic mass is 35.5. The smallest absolute Gasteiger partial charge is 0.287 e. The van der Waals surface area contributed by atoms with Crippen LogP contribution in [0.2, 0.25) is 5.02 Å². The number of hydrogen-bond donors (Lipinski definition) is 2. The molecule has 2 atom stereocenters. The third-order valence-electron chi connectivity index (χ3n) is 4.31. The predicted molar refractivity (Wildman–Crippen MR) is 84.8 cm³/mol. The van der Waals surface area contributed by atoms with E-state index in [1.54, 1.807) is 6.20 Å². The first-order valence-electron chi connectivity index (χ1n) is 7.67. The van der Waals surface area contributed by atoms with Gasteiger partial charge in [-0.2, -0.15) is 5.10 Å². The molecule has 0 spiro atoms. The minimum absolute atomic E-state index is 0.131. The fraction of sp³-hybridized carbons (Fsp3) is 0.733. The number of nitrogens with zero attached hydrogens (tertiary/aromatic N) is 2. The van der Waals surface area contributed by atoms with E-state index in [9.17, 15) is 4.79 Å². The van der Waals surface area contributed by atoms with Crippen molar-refractivity contribution in [1.82, 2.24) is 9.78 Å². The Morgan fingerprint density at radius 3 is 2.86 bits per heavy atom. The number of anilines is 1. The van der Waals surface area contributed by atoms with Crippen LogP contribution in [0.5, 0.6) is 0 Å². The second-order valence-electron chi connectivity index (χ2n) is 6.07. The van der Waals surface area contributed by atoms with E-state index in [1.165, 1.54) is 23.9 Å². The predicted octanol–water partition coefficient (Wildman–Crippen LogP) is 2.52. The molecule has 1 aliphatic rings. The van der Waals surface area contributed by atoms with Crippen molar-refractivity contribution in [2.75, 3.05) is 11.9 Å². The summed E-state index contributed by atoms with van der Waals surface area (Å²) in [6.07, 6.45) is 6.37. The first-order valence-corrected chi connectivity index (χ1v) is 8.05. The SMILES string of the molecule is CC(C)C1CCCCC1Nc1cnn(CCO)c(=O)c1Cl. The molecule has 118 valence electrons. The summed E-state index contributed by atoms with van der Waals surface area (Å²) in [7, 11) is 0. The van der Waals surface area contributed by atoms with Crippen LogP contribution < -0.4 is 10.9 Å². The van der Waals surface area contributed by atoms with Gasteiger partial charge in [-0.25, -0.2) is 4.68 Å². The van der Waals surface area contributed by atoms with E-state index >= 15 is 0 Å². The Morgan fingerprint density at radius 2 is 2.19 bits per heavy atom. The molecule has 6 heteroatoms. The van der Waals surface area contributed by atoms with Gasteiger partial charge in [-0.1, -0.05) is 38.3 Å². The lowest BCUT2D eigenvalue weighted by atomic mass is 9.78. The van der Waals surface area contributed by atoms with Gasteiger partial charge in [0.05, 0.1) is 25.0 Å². The molecule has 1 aromatic rings. The maximum atomic E-state index is 12.1. The van der Waals surface area contributed by atoms with Crippen LogP contribution in [-0.4, -0.2) is 27.5 Å². The number of aromatic nitrogens is 2. The molecular formula is C15H24ClN3O2. The number of aliphatic hydroxyl groups is 1. The van der Waals surface area contributed by atoms with Gasteiger partial charge in [0.1, 0.15) is 5.02 Å². The zero-order valence-electron chi connectivity index (χ0n) is 12.7. The summed E-state index contributed by atoms with van der Waals surface area (Å²) in [5.41, 5.74) is 0.251. The summed E-state index contributed by atoms with van der Waals surface area (Å²) in [5.74, 6) is 1.19. The maximum Gasteiger partial charge on any atom is 0.287 e. The molecule has 1 saturated carbocycles. The lowest BCUT2D eigenvalue weighted by molar-refractivity contribution is 0.253. The Morgan fingerprint density at radius 1 is 1.48 bits per heavy atom. The summed E-state index contributed by atoms with van der Waals surface area (Å²) in [6.45, 7) is 4.51. The van der Waals surface area contributed by atoms with Gasteiger partial charge in [-0.15, -0.1) is 0 Å². The van der Waals surface area contributed by atoms with Gasteiger partial charge in [-0.3, -0.25) is 4.79 Å². The molecule has 0 aliphatic heterocycles. The van der Waals surface area contributed by atoms with E-state index in [0.717, 1.165) is 6.42 Å². The Balaban J connectivity index is 2.19. The van der Waals surface area contributed by atoms with Gasteiger partial charge in [0, 0.05) is 6.04 Å². The molecule has 1 heterocycles. The van der Waals surface area contributed by atoms with Crippen molar-refractivity contribution in [2.24, 2.45) is 11.8 Å². The second-order valence-corrected chi connectivity index (χ2v) is 6.45. The van der Waals surface area contributed by atoms with Crippen molar-refractivity contribution in [3.05, 3.63) is 21.6 Å². The minimum Gasteiger partial charge on any atom is -0.394 e. The molecule has 2 rings (SSSR count). The highest BCUT2D eigenvalue weighted by Crippen LogP contribution is 2.33. The van der Waals surface area contributed by atoms with E-state index < -0.39 is 0 Å². The van der Waals surface area contributed by atoms with Crippen molar-refractivity contribution in [3.63, 3.8) is 0 Å². The fourth-order valence-corrected chi connectivity index (χ4v) is 3.36. The van der Waals surface area contributed by atoms with Gasteiger partial charge < -0.3 is 10.4 Å². The molecular weight excluding hydrogens is 290 g/mol. The monoisotopic (exact) mass is 313 g/mol. The van der Waals surface area contributed by atoms with Crippen LogP contribution in [0.4, 0.5) is 5.69 Å². The molecule has 5 nitrogen and oxygen atoms in total. The van der Waals surface area contributed by atoms with E-state index in [1.807, 2.05) is 0 Å². The highest BCUT2D eigenvalue weighted by Gasteiger charge is 2.28. The quantitative estimate of drug-likeness (QED) is 0.876. The first kappa shape index (κ1) is 16.3. The first-order chi connectivity index (χ1) is 10.0. The van der Waals surface area contributed by atoms with Crippen molar-refractivity contribution < 1.29 is 5.11 Å². The number of aliphatic hydroxyl groups excluding tert-OH is 1. The van der Waals surface area contributed by atoms with Gasteiger partial charge in [0.2, 0.25) is 0 Å². The van der Waals surface area contributed by atoms with E-state index in [-0.39, 0.29) is 23.7 Å². The Kier molecular flexibility index (Phi) is 5.65. The van der Waals surface area contributed by atoms with Crippen LogP contribution >= 0.6 is 11.6 Å². The fourth-order valence-electron chi connectivity index (χ4n) is 3.16. The van der Waals surface area contributed by atoms with Crippen LogP contribution in [0.15, 0.2) is 11.0 Å². The Hall–Kier alpha value is -1.07. The van der Waals surface area contributed by atoms with Crippen molar-refractivity contribution in [1.29, 1.82) is 0 Å². The third kappa shape index (κ3) is 3.77. The number of nitrogens with one attached hydrogen (secondary N) is 1. The van der Waals surface area contributed by atoms with E-state index in [4.69, 9.17) is 16.7 Å². The van der Waals surface area contributed by atoms with Crippen LogP contribution in [0.1, 0.15) is 39.5 Å². The van der Waals surface area contributed by atoms with Gasteiger partial charge in [0.15, 0.2) is 0 Å². The topological polar surface area (TPSA) is 67.2 Å². The minimum atomic E-state index is -0.354. The average Bonchev–Trinajstić information content (AvgIpc) is 2.47. The van der Waals surface area contributed by atoms with Gasteiger partial charge in [-0.05, 0) is 24.7 Å². The molecule has 0 radical (unpaired) electrons. The van der Waals surface area contributed by atoms with E-state index in [2.05, 4.69) is 24.3 Å². The zero-order valence-corrected chi connectivity index (χ0v) is 13.4. The molecule has 1 aliphatic carbocycles. The summed E-state index contributed by atoms with van der Waals surface area (Å²) < 4.78 is 1.19. The lowest BCUT2D eigenvalue weighted by Gasteiger charge is -2.35. The molecule has 2 N–H and O–H groups in total. The van der Waals surface area contributed by atoms with Crippen molar-refractivity contribution in [3.8, 4) is 0 Å². The summed E-state index contributed by atoms with van der Waals surface area (Å²) >= 11 is 6.16. The number of halogens is 1. The maximum absolute atomic E-state index is 12.1. The molecule has 0 amide bonds. The van der Waals surface area contributed by atoms with E-state index in [0.29, 0.717) is 23.6 Å². The van der Waals surface area contributed by atoms with Crippen molar-refractivity contribution >= 4 is 17.3 Å². The Labute approximate surface area is 130 Å². The molecule has 0 aromatic carbocycles. The standard InChI is InChI=1S/C15H24ClN3O2/c1-10(2)11-5-3-4-6-12(11)18-13-9-17-19(7-8-20)15(21)14(13)16/h9-12,18,20H,3-8H2,1-2H3. The van der Waals surface area contributed by atoms with Crippen LogP contribution in [0, 0.1) is 11.8 Å². The Bertz CT molecular complexity index is 530. The molecule has 1 aromatic heterocycles. The average molecular weight is 314 g/mol. The summed E-state index contributed by atoms with van der Waals surface area (Å²) in [5, 5.41) is 16.5. The second kappa shape index (κ2) is 7.27.